The summed E-state index contributed by atoms with van der Waals surface area (Å²) in [5.41, 5.74) is 5.81. The van der Waals surface area contributed by atoms with Crippen LogP contribution in [0.2, 0.25) is 0 Å². The summed E-state index contributed by atoms with van der Waals surface area (Å²) in [7, 11) is 1.68. The fourth-order valence-electron chi connectivity index (χ4n) is 4.14. The van der Waals surface area contributed by atoms with E-state index in [0.717, 1.165) is 47.8 Å². The lowest BCUT2D eigenvalue weighted by atomic mass is 10.0. The molecule has 176 valence electrons. The lowest BCUT2D eigenvalue weighted by Crippen LogP contribution is -2.05. The van der Waals surface area contributed by atoms with E-state index >= 15 is 0 Å². The second-order valence-corrected chi connectivity index (χ2v) is 8.97. The predicted octanol–water partition coefficient (Wildman–Crippen LogP) is 7.51. The molecule has 0 spiro atoms. The van der Waals surface area contributed by atoms with Crippen molar-refractivity contribution in [3.63, 3.8) is 0 Å². The smallest absolute Gasteiger partial charge is 0.133 e. The Morgan fingerprint density at radius 3 is 2.50 bits per heavy atom. The molecule has 4 nitrogen and oxygen atoms in total. The van der Waals surface area contributed by atoms with Gasteiger partial charge in [0.15, 0.2) is 0 Å². The maximum Gasteiger partial charge on any atom is 0.133 e. The van der Waals surface area contributed by atoms with Crippen molar-refractivity contribution in [2.75, 3.05) is 13.7 Å². The molecule has 0 fully saturated rings. The summed E-state index contributed by atoms with van der Waals surface area (Å²) in [5.74, 6) is 3.30. The van der Waals surface area contributed by atoms with Crippen LogP contribution in [0.5, 0.6) is 11.5 Å². The maximum atomic E-state index is 6.19. The summed E-state index contributed by atoms with van der Waals surface area (Å²) in [6, 6.07) is 22.9. The van der Waals surface area contributed by atoms with E-state index in [9.17, 15) is 0 Å². The first kappa shape index (κ1) is 23.6. The van der Waals surface area contributed by atoms with Crippen molar-refractivity contribution in [3.05, 3.63) is 89.2 Å². The van der Waals surface area contributed by atoms with Crippen LogP contribution in [0.4, 0.5) is 0 Å². The van der Waals surface area contributed by atoms with Crippen LogP contribution in [0.1, 0.15) is 55.1 Å². The lowest BCUT2D eigenvalue weighted by molar-refractivity contribution is 0.299. The second kappa shape index (κ2) is 11.1. The van der Waals surface area contributed by atoms with Gasteiger partial charge in [-0.05, 0) is 78.8 Å². The van der Waals surface area contributed by atoms with Crippen molar-refractivity contribution in [1.82, 2.24) is 9.55 Å². The molecular formula is C30H34N2O2. The highest BCUT2D eigenvalue weighted by Crippen LogP contribution is 2.28. The molecule has 1 heterocycles. The van der Waals surface area contributed by atoms with Crippen molar-refractivity contribution in [2.45, 2.75) is 46.1 Å². The second-order valence-electron chi connectivity index (χ2n) is 8.97. The first-order valence-corrected chi connectivity index (χ1v) is 12.1. The van der Waals surface area contributed by atoms with Gasteiger partial charge < -0.3 is 14.0 Å². The van der Waals surface area contributed by atoms with Crippen LogP contribution < -0.4 is 9.47 Å². The molecular weight excluding hydrogens is 420 g/mol. The van der Waals surface area contributed by atoms with Gasteiger partial charge >= 0.3 is 0 Å². The molecule has 0 saturated carbocycles. The Kier molecular flexibility index (Phi) is 7.69. The standard InChI is InChI=1S/C30H34N2O2/c1-22(2)26-17-11-23(3)21-29(26)34-20-8-7-19-32-28-10-6-5-9-27(28)31-30(32)18-14-24-12-15-25(33-4)16-13-24/h5-6,9-18,21-22H,7-8,19-20H2,1-4H3/b18-14+. The van der Waals surface area contributed by atoms with Crippen molar-refractivity contribution in [1.29, 1.82) is 0 Å². The number of aryl methyl sites for hydroxylation is 2. The topological polar surface area (TPSA) is 36.3 Å². The van der Waals surface area contributed by atoms with Gasteiger partial charge in [-0.2, -0.15) is 0 Å². The molecule has 4 aromatic rings. The van der Waals surface area contributed by atoms with E-state index in [1.54, 1.807) is 7.11 Å². The molecule has 0 saturated heterocycles. The van der Waals surface area contributed by atoms with Crippen LogP contribution in [0.25, 0.3) is 23.2 Å². The molecule has 1 aromatic heterocycles. The van der Waals surface area contributed by atoms with Gasteiger partial charge in [-0.25, -0.2) is 4.98 Å². The SMILES string of the molecule is COc1ccc(/C=C/c2nc3ccccc3n2CCCCOc2cc(C)ccc2C(C)C)cc1. The number of fused-ring (bicyclic) bond motifs is 1. The van der Waals surface area contributed by atoms with Crippen LogP contribution in [0.15, 0.2) is 66.7 Å². The van der Waals surface area contributed by atoms with Gasteiger partial charge in [-0.3, -0.25) is 0 Å². The number of benzene rings is 3. The first-order valence-electron chi connectivity index (χ1n) is 12.1. The molecule has 0 atom stereocenters. The van der Waals surface area contributed by atoms with E-state index in [2.05, 4.69) is 86.0 Å². The molecule has 0 N–H and O–H groups in total. The molecule has 0 radical (unpaired) electrons. The van der Waals surface area contributed by atoms with Gasteiger partial charge in [-0.15, -0.1) is 0 Å². The maximum absolute atomic E-state index is 6.19. The van der Waals surface area contributed by atoms with Crippen LogP contribution in [0, 0.1) is 6.92 Å². The van der Waals surface area contributed by atoms with Crippen molar-refractivity contribution in [2.24, 2.45) is 0 Å². The fourth-order valence-corrected chi connectivity index (χ4v) is 4.14. The van der Waals surface area contributed by atoms with E-state index in [1.165, 1.54) is 16.6 Å². The number of aromatic nitrogens is 2. The van der Waals surface area contributed by atoms with Gasteiger partial charge in [0.2, 0.25) is 0 Å². The number of imidazole rings is 1. The Balaban J connectivity index is 1.42. The molecule has 0 aliphatic heterocycles. The highest BCUT2D eigenvalue weighted by atomic mass is 16.5. The lowest BCUT2D eigenvalue weighted by Gasteiger charge is -2.15. The Bertz CT molecular complexity index is 1250. The summed E-state index contributed by atoms with van der Waals surface area (Å²) >= 11 is 0. The molecule has 0 amide bonds. The molecule has 34 heavy (non-hydrogen) atoms. The highest BCUT2D eigenvalue weighted by molar-refractivity contribution is 5.79. The average molecular weight is 455 g/mol. The van der Waals surface area contributed by atoms with Crippen LogP contribution in [-0.2, 0) is 6.54 Å². The monoisotopic (exact) mass is 454 g/mol. The third-order valence-electron chi connectivity index (χ3n) is 6.05. The largest absolute Gasteiger partial charge is 0.497 e. The van der Waals surface area contributed by atoms with E-state index in [-0.39, 0.29) is 0 Å². The summed E-state index contributed by atoms with van der Waals surface area (Å²) < 4.78 is 13.8. The zero-order valence-corrected chi connectivity index (χ0v) is 20.6. The molecule has 0 aliphatic rings. The van der Waals surface area contributed by atoms with E-state index in [0.29, 0.717) is 12.5 Å². The number of methoxy groups -OCH3 is 1. The molecule has 4 heteroatoms. The summed E-state index contributed by atoms with van der Waals surface area (Å²) in [4.78, 5) is 4.87. The van der Waals surface area contributed by atoms with Gasteiger partial charge in [0, 0.05) is 6.54 Å². The van der Waals surface area contributed by atoms with Gasteiger partial charge in [0.1, 0.15) is 17.3 Å². The van der Waals surface area contributed by atoms with Crippen LogP contribution in [0.3, 0.4) is 0 Å². The highest BCUT2D eigenvalue weighted by Gasteiger charge is 2.10. The van der Waals surface area contributed by atoms with E-state index < -0.39 is 0 Å². The minimum absolute atomic E-state index is 0.452. The molecule has 0 unspecified atom stereocenters. The quantitative estimate of drug-likeness (QED) is 0.233. The summed E-state index contributed by atoms with van der Waals surface area (Å²) in [5, 5.41) is 0. The molecule has 0 aliphatic carbocycles. The number of unbranched alkanes of at least 4 members (excludes halogenated alkanes) is 1. The Labute approximate surface area is 202 Å². The van der Waals surface area contributed by atoms with Crippen molar-refractivity contribution < 1.29 is 9.47 Å². The number of nitrogens with zero attached hydrogens (tertiary/aromatic N) is 2. The third kappa shape index (κ3) is 5.69. The van der Waals surface area contributed by atoms with E-state index in [1.807, 2.05) is 18.2 Å². The minimum Gasteiger partial charge on any atom is -0.497 e. The number of rotatable bonds is 10. The van der Waals surface area contributed by atoms with Gasteiger partial charge in [-0.1, -0.05) is 56.3 Å². The van der Waals surface area contributed by atoms with Gasteiger partial charge in [0.05, 0.1) is 24.8 Å². The van der Waals surface area contributed by atoms with Gasteiger partial charge in [0.25, 0.3) is 0 Å². The van der Waals surface area contributed by atoms with Crippen molar-refractivity contribution in [3.8, 4) is 11.5 Å². The Hall–Kier alpha value is -3.53. The number of para-hydroxylation sites is 2. The number of ether oxygens (including phenoxy) is 2. The van der Waals surface area contributed by atoms with Crippen LogP contribution >= 0.6 is 0 Å². The zero-order chi connectivity index (χ0) is 23.9. The van der Waals surface area contributed by atoms with Crippen molar-refractivity contribution >= 4 is 23.2 Å². The number of hydrogen-bond acceptors (Lipinski definition) is 3. The third-order valence-corrected chi connectivity index (χ3v) is 6.05. The normalized spacial score (nSPS) is 11.6. The summed E-state index contributed by atoms with van der Waals surface area (Å²) in [6.45, 7) is 8.15. The molecule has 0 bridgehead atoms. The Morgan fingerprint density at radius 2 is 1.74 bits per heavy atom. The average Bonchev–Trinajstić information content (AvgIpc) is 3.20. The summed E-state index contributed by atoms with van der Waals surface area (Å²) in [6.07, 6.45) is 6.21. The van der Waals surface area contributed by atoms with Crippen LogP contribution in [-0.4, -0.2) is 23.3 Å². The fraction of sp³-hybridized carbons (Fsp3) is 0.300. The predicted molar refractivity (Wildman–Crippen MR) is 142 cm³/mol. The first-order chi connectivity index (χ1) is 16.5. The van der Waals surface area contributed by atoms with E-state index in [4.69, 9.17) is 14.5 Å². The number of hydrogen-bond donors (Lipinski definition) is 0. The minimum atomic E-state index is 0.452. The molecule has 4 rings (SSSR count). The Morgan fingerprint density at radius 1 is 0.941 bits per heavy atom. The molecule has 3 aromatic carbocycles. The zero-order valence-electron chi connectivity index (χ0n) is 20.6.